The molecule has 4 nitrogen and oxygen atoms in total. The van der Waals surface area contributed by atoms with Gasteiger partial charge in [0.25, 0.3) is 5.91 Å². The van der Waals surface area contributed by atoms with Crippen LogP contribution in [0.4, 0.5) is 0 Å². The summed E-state index contributed by atoms with van der Waals surface area (Å²) in [5.41, 5.74) is 4.98. The summed E-state index contributed by atoms with van der Waals surface area (Å²) in [6, 6.07) is 7.73. The molecule has 0 spiro atoms. The molecule has 0 fully saturated rings. The summed E-state index contributed by atoms with van der Waals surface area (Å²) in [7, 11) is 0. The Morgan fingerprint density at radius 1 is 1.50 bits per heavy atom. The molecule has 0 saturated carbocycles. The SMILES string of the molecule is NC(=O)C1Oc2c[c]ccc2O1. The molecule has 1 unspecified atom stereocenters. The van der Waals surface area contributed by atoms with E-state index in [1.165, 1.54) is 0 Å². The van der Waals surface area contributed by atoms with Crippen LogP contribution >= 0.6 is 0 Å². The van der Waals surface area contributed by atoms with Gasteiger partial charge in [0.05, 0.1) is 0 Å². The Kier molecular flexibility index (Phi) is 1.40. The first kappa shape index (κ1) is 6.97. The first-order chi connectivity index (χ1) is 5.77. The first-order valence-electron chi connectivity index (χ1n) is 3.40. The Hall–Kier alpha value is -1.71. The van der Waals surface area contributed by atoms with Gasteiger partial charge in [-0.25, -0.2) is 0 Å². The van der Waals surface area contributed by atoms with Gasteiger partial charge in [-0.2, -0.15) is 0 Å². The van der Waals surface area contributed by atoms with E-state index < -0.39 is 12.2 Å². The van der Waals surface area contributed by atoms with Gasteiger partial charge in [0, 0.05) is 0 Å². The quantitative estimate of drug-likeness (QED) is 0.638. The molecule has 1 aliphatic heterocycles. The van der Waals surface area contributed by atoms with Crippen LogP contribution in [0.1, 0.15) is 0 Å². The number of hydrogen-bond acceptors (Lipinski definition) is 3. The summed E-state index contributed by atoms with van der Waals surface area (Å²) in [4.78, 5) is 10.6. The lowest BCUT2D eigenvalue weighted by Gasteiger charge is -2.03. The van der Waals surface area contributed by atoms with Crippen molar-refractivity contribution in [2.75, 3.05) is 0 Å². The zero-order valence-electron chi connectivity index (χ0n) is 6.11. The number of benzene rings is 1. The normalized spacial score (nSPS) is 14.7. The van der Waals surface area contributed by atoms with E-state index in [4.69, 9.17) is 15.2 Å². The summed E-state index contributed by atoms with van der Waals surface area (Å²) in [5.74, 6) is 0.394. The number of ether oxygens (including phenoxy) is 2. The molecule has 0 aromatic heterocycles. The summed E-state index contributed by atoms with van der Waals surface area (Å²) in [6.45, 7) is 0. The van der Waals surface area contributed by atoms with Gasteiger partial charge in [0.15, 0.2) is 11.5 Å². The van der Waals surface area contributed by atoms with Crippen molar-refractivity contribution in [2.45, 2.75) is 6.29 Å². The van der Waals surface area contributed by atoms with Crippen molar-refractivity contribution in [3.05, 3.63) is 24.3 Å². The van der Waals surface area contributed by atoms with Crippen LogP contribution in [0.15, 0.2) is 18.2 Å². The lowest BCUT2D eigenvalue weighted by molar-refractivity contribution is -0.133. The predicted molar refractivity (Wildman–Crippen MR) is 39.5 cm³/mol. The van der Waals surface area contributed by atoms with Crippen molar-refractivity contribution >= 4 is 5.91 Å². The van der Waals surface area contributed by atoms with Crippen LogP contribution in [0.2, 0.25) is 0 Å². The van der Waals surface area contributed by atoms with E-state index in [0.29, 0.717) is 11.5 Å². The molecular weight excluding hydrogens is 158 g/mol. The maximum atomic E-state index is 10.6. The second kappa shape index (κ2) is 2.41. The lowest BCUT2D eigenvalue weighted by Crippen LogP contribution is -2.35. The third-order valence-corrected chi connectivity index (χ3v) is 1.49. The minimum absolute atomic E-state index is 0.501. The molecular formula is C8H6NO3. The van der Waals surface area contributed by atoms with Gasteiger partial charge >= 0.3 is 6.29 Å². The molecule has 2 N–H and O–H groups in total. The molecule has 1 aliphatic rings. The molecule has 1 heterocycles. The smallest absolute Gasteiger partial charge is 0.321 e. The summed E-state index contributed by atoms with van der Waals surface area (Å²) in [6.07, 6.45) is -0.990. The zero-order valence-corrected chi connectivity index (χ0v) is 6.11. The van der Waals surface area contributed by atoms with E-state index in [-0.39, 0.29) is 0 Å². The maximum absolute atomic E-state index is 10.6. The summed E-state index contributed by atoms with van der Waals surface area (Å²) < 4.78 is 10.1. The molecule has 61 valence electrons. The maximum Gasteiger partial charge on any atom is 0.321 e. The van der Waals surface area contributed by atoms with Crippen LogP contribution in [0.5, 0.6) is 11.5 Å². The zero-order chi connectivity index (χ0) is 8.55. The van der Waals surface area contributed by atoms with E-state index in [1.807, 2.05) is 0 Å². The number of fused-ring (bicyclic) bond motifs is 1. The molecule has 0 bridgehead atoms. The Balaban J connectivity index is 2.27. The number of nitrogens with two attached hydrogens (primary N) is 1. The van der Waals surface area contributed by atoms with Crippen LogP contribution < -0.4 is 15.2 Å². The predicted octanol–water partition coefficient (Wildman–Crippen LogP) is 0.0694. The van der Waals surface area contributed by atoms with Gasteiger partial charge in [0.1, 0.15) is 0 Å². The standard InChI is InChI=1S/C8H6NO3/c9-7(10)8-11-5-3-1-2-4-6(5)12-8/h1,3-4,8H,(H2,9,10). The van der Waals surface area contributed by atoms with Gasteiger partial charge < -0.3 is 15.2 Å². The van der Waals surface area contributed by atoms with E-state index in [0.717, 1.165) is 0 Å². The van der Waals surface area contributed by atoms with Crippen LogP contribution in [-0.4, -0.2) is 12.2 Å². The molecule has 0 aliphatic carbocycles. The second-order valence-corrected chi connectivity index (χ2v) is 2.34. The Morgan fingerprint density at radius 2 is 2.25 bits per heavy atom. The van der Waals surface area contributed by atoms with Crippen LogP contribution in [0, 0.1) is 6.07 Å². The van der Waals surface area contributed by atoms with Crippen molar-refractivity contribution in [1.29, 1.82) is 0 Å². The minimum Gasteiger partial charge on any atom is -0.442 e. The third kappa shape index (κ3) is 0.972. The van der Waals surface area contributed by atoms with Crippen LogP contribution in [0.3, 0.4) is 0 Å². The number of primary amides is 1. The van der Waals surface area contributed by atoms with Crippen molar-refractivity contribution in [3.8, 4) is 11.5 Å². The van der Waals surface area contributed by atoms with Crippen molar-refractivity contribution in [3.63, 3.8) is 0 Å². The van der Waals surface area contributed by atoms with Gasteiger partial charge in [0.2, 0.25) is 0 Å². The van der Waals surface area contributed by atoms with E-state index in [1.54, 1.807) is 18.2 Å². The van der Waals surface area contributed by atoms with Crippen molar-refractivity contribution in [1.82, 2.24) is 0 Å². The molecule has 1 aromatic carbocycles. The van der Waals surface area contributed by atoms with Gasteiger partial charge in [-0.15, -0.1) is 0 Å². The molecule has 0 saturated heterocycles. The van der Waals surface area contributed by atoms with Crippen molar-refractivity contribution < 1.29 is 14.3 Å². The van der Waals surface area contributed by atoms with E-state index in [2.05, 4.69) is 6.07 Å². The monoisotopic (exact) mass is 164 g/mol. The first-order valence-corrected chi connectivity index (χ1v) is 3.40. The molecule has 1 amide bonds. The Bertz CT molecular complexity index is 299. The van der Waals surface area contributed by atoms with E-state index >= 15 is 0 Å². The number of hydrogen-bond donors (Lipinski definition) is 1. The number of amides is 1. The average molecular weight is 164 g/mol. The summed E-state index contributed by atoms with van der Waals surface area (Å²) >= 11 is 0. The second-order valence-electron chi connectivity index (χ2n) is 2.34. The highest BCUT2D eigenvalue weighted by atomic mass is 16.7. The number of carbonyl (C=O) groups is 1. The number of carbonyl (C=O) groups excluding carboxylic acids is 1. The Labute approximate surface area is 68.9 Å². The van der Waals surface area contributed by atoms with Crippen molar-refractivity contribution in [2.24, 2.45) is 5.73 Å². The van der Waals surface area contributed by atoms with Crippen LogP contribution in [-0.2, 0) is 4.79 Å². The summed E-state index contributed by atoms with van der Waals surface area (Å²) in [5, 5.41) is 0. The topological polar surface area (TPSA) is 61.6 Å². The highest BCUT2D eigenvalue weighted by Crippen LogP contribution is 2.33. The molecule has 1 radical (unpaired) electrons. The fraction of sp³-hybridized carbons (Fsp3) is 0.125. The highest BCUT2D eigenvalue weighted by Gasteiger charge is 2.27. The average Bonchev–Trinajstić information content (AvgIpc) is 2.46. The lowest BCUT2D eigenvalue weighted by atomic mass is 10.3. The Morgan fingerprint density at radius 3 is 2.92 bits per heavy atom. The number of rotatable bonds is 1. The largest absolute Gasteiger partial charge is 0.442 e. The highest BCUT2D eigenvalue weighted by molar-refractivity contribution is 5.79. The van der Waals surface area contributed by atoms with Gasteiger partial charge in [-0.1, -0.05) is 6.07 Å². The van der Waals surface area contributed by atoms with Gasteiger partial charge in [-0.05, 0) is 18.2 Å². The fourth-order valence-electron chi connectivity index (χ4n) is 0.961. The molecule has 1 atom stereocenters. The minimum atomic E-state index is -0.990. The fourth-order valence-corrected chi connectivity index (χ4v) is 0.961. The van der Waals surface area contributed by atoms with Gasteiger partial charge in [-0.3, -0.25) is 4.79 Å². The molecule has 12 heavy (non-hydrogen) atoms. The van der Waals surface area contributed by atoms with Crippen LogP contribution in [0.25, 0.3) is 0 Å². The third-order valence-electron chi connectivity index (χ3n) is 1.49. The molecule has 1 aromatic rings. The van der Waals surface area contributed by atoms with E-state index in [9.17, 15) is 4.79 Å². The molecule has 4 heteroatoms. The molecule has 2 rings (SSSR count).